The highest BCUT2D eigenvalue weighted by Crippen LogP contribution is 2.30. The highest BCUT2D eigenvalue weighted by Gasteiger charge is 2.23. The molecule has 0 bridgehead atoms. The number of thiazole rings is 1. The van der Waals surface area contributed by atoms with Crippen LogP contribution in [0.25, 0.3) is 10.2 Å². The number of nitro benzene ring substituents is 1. The Hall–Kier alpha value is -4.10. The van der Waals surface area contributed by atoms with Crippen LogP contribution in [0.3, 0.4) is 0 Å². The summed E-state index contributed by atoms with van der Waals surface area (Å²) in [6.45, 7) is 3.61. The summed E-state index contributed by atoms with van der Waals surface area (Å²) in [4.78, 5) is 54.7. The van der Waals surface area contributed by atoms with Crippen LogP contribution in [-0.4, -0.2) is 67.4 Å². The van der Waals surface area contributed by atoms with E-state index < -0.39 is 22.8 Å². The van der Waals surface area contributed by atoms with Gasteiger partial charge in [-0.1, -0.05) is 11.3 Å². The summed E-state index contributed by atoms with van der Waals surface area (Å²) in [5, 5.41) is 11.8. The van der Waals surface area contributed by atoms with Crippen LogP contribution in [0.4, 0.5) is 11.4 Å². The van der Waals surface area contributed by atoms with Crippen LogP contribution in [0.2, 0.25) is 0 Å². The first kappa shape index (κ1) is 26.0. The molecule has 13 heteroatoms. The monoisotopic (exact) mass is 528 g/mol. The lowest BCUT2D eigenvalue weighted by Crippen LogP contribution is -2.36. The van der Waals surface area contributed by atoms with Gasteiger partial charge in [0, 0.05) is 24.7 Å². The van der Waals surface area contributed by atoms with Crippen molar-refractivity contribution in [2.24, 2.45) is 4.99 Å². The quantitative estimate of drug-likeness (QED) is 0.257. The highest BCUT2D eigenvalue weighted by molar-refractivity contribution is 7.16. The van der Waals surface area contributed by atoms with Crippen LogP contribution in [0.1, 0.15) is 27.6 Å². The van der Waals surface area contributed by atoms with Crippen LogP contribution in [-0.2, 0) is 25.5 Å². The zero-order valence-corrected chi connectivity index (χ0v) is 21.0. The predicted octanol–water partition coefficient (Wildman–Crippen LogP) is 2.54. The zero-order valence-electron chi connectivity index (χ0n) is 20.2. The molecule has 1 amide bonds. The largest absolute Gasteiger partial charge is 0.468 e. The number of hydrogen-bond donors (Lipinski definition) is 0. The number of nitrogens with zero attached hydrogens (tertiary/aromatic N) is 4. The summed E-state index contributed by atoms with van der Waals surface area (Å²) in [6, 6.07) is 9.00. The number of carbonyl (C=O) groups is 3. The van der Waals surface area contributed by atoms with E-state index in [1.807, 2.05) is 4.90 Å². The number of methoxy groups -OCH3 is 1. The van der Waals surface area contributed by atoms with Gasteiger partial charge in [0.25, 0.3) is 11.6 Å². The van der Waals surface area contributed by atoms with E-state index in [0.717, 1.165) is 11.3 Å². The summed E-state index contributed by atoms with van der Waals surface area (Å²) in [7, 11) is 1.24. The molecule has 3 aromatic rings. The first-order valence-electron chi connectivity index (χ1n) is 11.4. The molecule has 0 radical (unpaired) electrons. The number of carbonyl (C=O) groups excluding carboxylic acids is 3. The maximum absolute atomic E-state index is 13.1. The molecule has 4 rings (SSSR count). The topological polar surface area (TPSA) is 143 Å². The lowest BCUT2D eigenvalue weighted by atomic mass is 10.1. The van der Waals surface area contributed by atoms with Gasteiger partial charge in [-0.05, 0) is 37.3 Å². The van der Waals surface area contributed by atoms with Crippen LogP contribution < -0.4 is 9.70 Å². The first-order valence-corrected chi connectivity index (χ1v) is 12.2. The molecule has 2 heterocycles. The van der Waals surface area contributed by atoms with Crippen molar-refractivity contribution in [3.8, 4) is 0 Å². The molecule has 1 aromatic heterocycles. The molecule has 0 atom stereocenters. The zero-order chi connectivity index (χ0) is 26.5. The van der Waals surface area contributed by atoms with E-state index in [9.17, 15) is 24.5 Å². The summed E-state index contributed by atoms with van der Waals surface area (Å²) in [5.74, 6) is -1.78. The second-order valence-electron chi connectivity index (χ2n) is 7.93. The number of amides is 1. The van der Waals surface area contributed by atoms with Gasteiger partial charge >= 0.3 is 11.9 Å². The molecule has 1 saturated heterocycles. The fraction of sp³-hybridized carbons (Fsp3) is 0.333. The molecule has 37 heavy (non-hydrogen) atoms. The Kier molecular flexibility index (Phi) is 7.94. The molecule has 12 nitrogen and oxygen atoms in total. The number of benzene rings is 2. The van der Waals surface area contributed by atoms with Gasteiger partial charge in [0.05, 0.1) is 47.6 Å². The Bertz CT molecular complexity index is 1440. The van der Waals surface area contributed by atoms with Crippen molar-refractivity contribution in [2.45, 2.75) is 13.5 Å². The summed E-state index contributed by atoms with van der Waals surface area (Å²) in [6.07, 6.45) is 0. The normalized spacial score (nSPS) is 14.0. The Labute approximate surface area is 214 Å². The Morgan fingerprint density at radius 2 is 1.86 bits per heavy atom. The maximum atomic E-state index is 13.1. The lowest BCUT2D eigenvalue weighted by molar-refractivity contribution is -0.384. The van der Waals surface area contributed by atoms with Crippen molar-refractivity contribution < 1.29 is 33.5 Å². The third-order valence-electron chi connectivity index (χ3n) is 5.68. The molecule has 1 fully saturated rings. The number of nitro groups is 1. The van der Waals surface area contributed by atoms with Crippen molar-refractivity contribution in [3.05, 3.63) is 62.4 Å². The van der Waals surface area contributed by atoms with E-state index in [0.29, 0.717) is 47.8 Å². The van der Waals surface area contributed by atoms with Gasteiger partial charge in [0.15, 0.2) is 4.80 Å². The summed E-state index contributed by atoms with van der Waals surface area (Å²) in [5.41, 5.74) is 1.09. The average Bonchev–Trinajstić information content (AvgIpc) is 3.24. The van der Waals surface area contributed by atoms with Crippen molar-refractivity contribution in [2.75, 3.05) is 44.9 Å². The fourth-order valence-corrected chi connectivity index (χ4v) is 4.94. The SMILES string of the molecule is CCOC(=O)c1ccc2c(c1)sc(=NC(=O)c1ccc(N3CCOCC3)c([N+](=O)[O-])c1)n2CC(=O)OC. The molecule has 1 aliphatic heterocycles. The molecule has 2 aromatic carbocycles. The van der Waals surface area contributed by atoms with Gasteiger partial charge in [0.2, 0.25) is 0 Å². The van der Waals surface area contributed by atoms with Crippen molar-refractivity contribution in [1.82, 2.24) is 4.57 Å². The third kappa shape index (κ3) is 5.67. The smallest absolute Gasteiger partial charge is 0.338 e. The predicted molar refractivity (Wildman–Crippen MR) is 134 cm³/mol. The number of ether oxygens (including phenoxy) is 3. The molecule has 1 aliphatic rings. The van der Waals surface area contributed by atoms with E-state index in [2.05, 4.69) is 4.99 Å². The van der Waals surface area contributed by atoms with Gasteiger partial charge in [-0.25, -0.2) is 4.79 Å². The molecule has 194 valence electrons. The van der Waals surface area contributed by atoms with Crippen LogP contribution in [0, 0.1) is 10.1 Å². The Morgan fingerprint density at radius 3 is 2.54 bits per heavy atom. The number of morpholine rings is 1. The minimum Gasteiger partial charge on any atom is -0.468 e. The lowest BCUT2D eigenvalue weighted by Gasteiger charge is -2.28. The van der Waals surface area contributed by atoms with Crippen molar-refractivity contribution >= 4 is 50.8 Å². The van der Waals surface area contributed by atoms with Gasteiger partial charge < -0.3 is 23.7 Å². The molecule has 0 N–H and O–H groups in total. The summed E-state index contributed by atoms with van der Waals surface area (Å²) >= 11 is 1.09. The van der Waals surface area contributed by atoms with Crippen molar-refractivity contribution in [3.63, 3.8) is 0 Å². The van der Waals surface area contributed by atoms with Gasteiger partial charge in [-0.2, -0.15) is 4.99 Å². The molecule has 0 aliphatic carbocycles. The van der Waals surface area contributed by atoms with E-state index in [1.165, 1.54) is 29.9 Å². The van der Waals surface area contributed by atoms with Crippen LogP contribution in [0.5, 0.6) is 0 Å². The molecule has 0 unspecified atom stereocenters. The second kappa shape index (κ2) is 11.3. The minimum absolute atomic E-state index is 0.0259. The van der Waals surface area contributed by atoms with Gasteiger partial charge in [-0.15, -0.1) is 0 Å². The molecular weight excluding hydrogens is 504 g/mol. The number of aromatic nitrogens is 1. The minimum atomic E-state index is -0.715. The van der Waals surface area contributed by atoms with Gasteiger partial charge in [0.1, 0.15) is 12.2 Å². The number of fused-ring (bicyclic) bond motifs is 1. The third-order valence-corrected chi connectivity index (χ3v) is 6.72. The summed E-state index contributed by atoms with van der Waals surface area (Å²) < 4.78 is 17.2. The van der Waals surface area contributed by atoms with E-state index >= 15 is 0 Å². The van der Waals surface area contributed by atoms with Crippen LogP contribution >= 0.6 is 11.3 Å². The van der Waals surface area contributed by atoms with Gasteiger partial charge in [-0.3, -0.25) is 19.7 Å². The number of rotatable bonds is 7. The Morgan fingerprint density at radius 1 is 1.14 bits per heavy atom. The molecule has 0 saturated carbocycles. The first-order chi connectivity index (χ1) is 17.8. The standard InChI is InChI=1S/C24H24N4O8S/c1-3-36-23(31)16-5-7-18-20(13-16)37-24(27(18)14-21(29)34-2)25-22(30)15-4-6-17(19(12-15)28(32)33)26-8-10-35-11-9-26/h4-7,12-13H,3,8-11,14H2,1-2H3. The highest BCUT2D eigenvalue weighted by atomic mass is 32.1. The molecule has 0 spiro atoms. The number of hydrogen-bond acceptors (Lipinski definition) is 10. The van der Waals surface area contributed by atoms with Crippen molar-refractivity contribution in [1.29, 1.82) is 0 Å². The molecular formula is C24H24N4O8S. The average molecular weight is 529 g/mol. The number of anilines is 1. The second-order valence-corrected chi connectivity index (χ2v) is 8.94. The van der Waals surface area contributed by atoms with E-state index in [4.69, 9.17) is 14.2 Å². The van der Waals surface area contributed by atoms with E-state index in [-0.39, 0.29) is 29.2 Å². The fourth-order valence-electron chi connectivity index (χ4n) is 3.87. The number of esters is 2. The Balaban J connectivity index is 1.76. The van der Waals surface area contributed by atoms with Crippen LogP contribution in [0.15, 0.2) is 41.4 Å². The van der Waals surface area contributed by atoms with E-state index in [1.54, 1.807) is 25.1 Å². The maximum Gasteiger partial charge on any atom is 0.338 e.